The fourth-order valence-electron chi connectivity index (χ4n) is 2.03. The molecule has 6 nitrogen and oxygen atoms in total. The fourth-order valence-corrected chi connectivity index (χ4v) is 2.21. The van der Waals surface area contributed by atoms with Gasteiger partial charge in [-0.2, -0.15) is 0 Å². The molecule has 23 heavy (non-hydrogen) atoms. The number of benzene rings is 2. The quantitative estimate of drug-likeness (QED) is 0.373. The fraction of sp³-hybridized carbons (Fsp3) is 0. The normalized spacial score (nSPS) is 15.4. The van der Waals surface area contributed by atoms with Gasteiger partial charge in [0.15, 0.2) is 5.70 Å². The zero-order chi connectivity index (χ0) is 16.4. The molecule has 0 bridgehead atoms. The maximum absolute atomic E-state index is 11.9. The average molecular weight is 329 g/mol. The second kappa shape index (κ2) is 6.02. The monoisotopic (exact) mass is 328 g/mol. The van der Waals surface area contributed by atoms with E-state index >= 15 is 0 Å². The highest BCUT2D eigenvalue weighted by Crippen LogP contribution is 2.27. The maximum Gasteiger partial charge on any atom is 0.363 e. The van der Waals surface area contributed by atoms with Crippen LogP contribution >= 0.6 is 11.6 Å². The number of esters is 1. The maximum atomic E-state index is 11.9. The van der Waals surface area contributed by atoms with Crippen LogP contribution < -0.4 is 0 Å². The molecule has 7 heteroatoms. The highest BCUT2D eigenvalue weighted by Gasteiger charge is 2.26. The molecule has 0 fully saturated rings. The van der Waals surface area contributed by atoms with Crippen molar-refractivity contribution >= 4 is 35.2 Å². The lowest BCUT2D eigenvalue weighted by Gasteiger charge is -2.00. The summed E-state index contributed by atoms with van der Waals surface area (Å²) in [4.78, 5) is 26.3. The molecule has 0 amide bonds. The van der Waals surface area contributed by atoms with E-state index in [0.717, 1.165) is 5.56 Å². The summed E-state index contributed by atoms with van der Waals surface area (Å²) in [6.07, 6.45) is 1.58. The molecule has 1 aliphatic rings. The van der Waals surface area contributed by atoms with Crippen LogP contribution in [-0.2, 0) is 9.53 Å². The number of carbonyl (C=O) groups is 1. The standard InChI is InChI=1S/C16H9ClN2O4/c17-12-7-6-11(9-14(12)19(21)22)15-18-13(16(20)23-15)8-10-4-2-1-3-5-10/h1-9H/b13-8+. The molecule has 2 aromatic rings. The van der Waals surface area contributed by atoms with Gasteiger partial charge in [0.2, 0.25) is 5.90 Å². The number of cyclic esters (lactones) is 1. The van der Waals surface area contributed by atoms with Crippen LogP contribution in [0.2, 0.25) is 5.02 Å². The van der Waals surface area contributed by atoms with E-state index in [1.54, 1.807) is 6.08 Å². The van der Waals surface area contributed by atoms with Gasteiger partial charge in [0, 0.05) is 11.6 Å². The zero-order valence-corrected chi connectivity index (χ0v) is 12.4. The van der Waals surface area contributed by atoms with Crippen molar-refractivity contribution < 1.29 is 14.5 Å². The lowest BCUT2D eigenvalue weighted by molar-refractivity contribution is -0.384. The molecular formula is C16H9ClN2O4. The molecule has 0 saturated carbocycles. The van der Waals surface area contributed by atoms with Crippen molar-refractivity contribution in [2.75, 3.05) is 0 Å². The molecule has 114 valence electrons. The van der Waals surface area contributed by atoms with E-state index in [2.05, 4.69) is 4.99 Å². The summed E-state index contributed by atoms with van der Waals surface area (Å²) >= 11 is 5.76. The van der Waals surface area contributed by atoms with Crippen molar-refractivity contribution in [1.82, 2.24) is 0 Å². The number of carbonyl (C=O) groups excluding carboxylic acids is 1. The number of rotatable bonds is 3. The summed E-state index contributed by atoms with van der Waals surface area (Å²) < 4.78 is 5.08. The second-order valence-electron chi connectivity index (χ2n) is 4.67. The third kappa shape index (κ3) is 3.12. The van der Waals surface area contributed by atoms with E-state index in [0.29, 0.717) is 5.56 Å². The highest BCUT2D eigenvalue weighted by molar-refractivity contribution is 6.32. The summed E-state index contributed by atoms with van der Waals surface area (Å²) in [7, 11) is 0. The summed E-state index contributed by atoms with van der Waals surface area (Å²) in [6.45, 7) is 0. The first-order chi connectivity index (χ1) is 11.0. The van der Waals surface area contributed by atoms with Crippen molar-refractivity contribution in [2.45, 2.75) is 0 Å². The number of nitro groups is 1. The summed E-state index contributed by atoms with van der Waals surface area (Å²) in [5.41, 5.74) is 0.963. The number of nitro benzene ring substituents is 1. The van der Waals surface area contributed by atoms with Crippen LogP contribution in [0.5, 0.6) is 0 Å². The van der Waals surface area contributed by atoms with Gasteiger partial charge >= 0.3 is 5.97 Å². The number of nitrogens with zero attached hydrogens (tertiary/aromatic N) is 2. The molecule has 0 saturated heterocycles. The van der Waals surface area contributed by atoms with Crippen LogP contribution in [0.25, 0.3) is 6.08 Å². The Bertz CT molecular complexity index is 860. The van der Waals surface area contributed by atoms with Gasteiger partial charge in [-0.1, -0.05) is 41.9 Å². The number of ether oxygens (including phenoxy) is 1. The van der Waals surface area contributed by atoms with Crippen molar-refractivity contribution in [3.8, 4) is 0 Å². The predicted octanol–water partition coefficient (Wildman–Crippen LogP) is 3.59. The number of hydrogen-bond acceptors (Lipinski definition) is 5. The Morgan fingerprint density at radius 2 is 1.91 bits per heavy atom. The Morgan fingerprint density at radius 3 is 2.61 bits per heavy atom. The third-order valence-electron chi connectivity index (χ3n) is 3.11. The zero-order valence-electron chi connectivity index (χ0n) is 11.6. The molecule has 0 aliphatic carbocycles. The Labute approximate surface area is 135 Å². The predicted molar refractivity (Wildman–Crippen MR) is 85.2 cm³/mol. The summed E-state index contributed by atoms with van der Waals surface area (Å²) in [6, 6.07) is 13.3. The molecule has 0 spiro atoms. The molecule has 0 aromatic heterocycles. The van der Waals surface area contributed by atoms with Crippen LogP contribution in [0.1, 0.15) is 11.1 Å². The largest absolute Gasteiger partial charge is 0.402 e. The molecule has 0 unspecified atom stereocenters. The molecule has 1 aliphatic heterocycles. The molecule has 0 radical (unpaired) electrons. The molecule has 3 rings (SSSR count). The lowest BCUT2D eigenvalue weighted by Crippen LogP contribution is -2.06. The first-order valence-corrected chi connectivity index (χ1v) is 6.94. The topological polar surface area (TPSA) is 81.8 Å². The molecule has 1 heterocycles. The van der Waals surface area contributed by atoms with Gasteiger partial charge in [0.25, 0.3) is 5.69 Å². The minimum Gasteiger partial charge on any atom is -0.402 e. The van der Waals surface area contributed by atoms with Gasteiger partial charge in [0.05, 0.1) is 4.92 Å². The molecular weight excluding hydrogens is 320 g/mol. The van der Waals surface area contributed by atoms with Crippen LogP contribution in [0.3, 0.4) is 0 Å². The van der Waals surface area contributed by atoms with Gasteiger partial charge < -0.3 is 4.74 Å². The van der Waals surface area contributed by atoms with Crippen molar-refractivity contribution in [2.24, 2.45) is 4.99 Å². The van der Waals surface area contributed by atoms with Gasteiger partial charge in [0.1, 0.15) is 5.02 Å². The number of halogens is 1. The Morgan fingerprint density at radius 1 is 1.17 bits per heavy atom. The Kier molecular flexibility index (Phi) is 3.91. The van der Waals surface area contributed by atoms with Crippen molar-refractivity contribution in [3.63, 3.8) is 0 Å². The first kappa shape index (κ1) is 14.9. The van der Waals surface area contributed by atoms with E-state index in [1.165, 1.54) is 18.2 Å². The van der Waals surface area contributed by atoms with Crippen LogP contribution in [0, 0.1) is 10.1 Å². The third-order valence-corrected chi connectivity index (χ3v) is 3.43. The second-order valence-corrected chi connectivity index (χ2v) is 5.08. The van der Waals surface area contributed by atoms with Gasteiger partial charge in [-0.15, -0.1) is 0 Å². The van der Waals surface area contributed by atoms with Crippen LogP contribution in [-0.4, -0.2) is 16.8 Å². The first-order valence-electron chi connectivity index (χ1n) is 6.56. The molecule has 0 atom stereocenters. The lowest BCUT2D eigenvalue weighted by atomic mass is 10.2. The van der Waals surface area contributed by atoms with Gasteiger partial charge in [-0.3, -0.25) is 10.1 Å². The van der Waals surface area contributed by atoms with E-state index in [4.69, 9.17) is 16.3 Å². The highest BCUT2D eigenvalue weighted by atomic mass is 35.5. The number of hydrogen-bond donors (Lipinski definition) is 0. The van der Waals surface area contributed by atoms with E-state index in [-0.39, 0.29) is 22.3 Å². The Hall–Kier alpha value is -2.99. The summed E-state index contributed by atoms with van der Waals surface area (Å²) in [5.74, 6) is -0.599. The van der Waals surface area contributed by atoms with Gasteiger partial charge in [-0.25, -0.2) is 9.79 Å². The van der Waals surface area contributed by atoms with Crippen LogP contribution in [0.4, 0.5) is 5.69 Å². The number of aliphatic imine (C=N–C) groups is 1. The smallest absolute Gasteiger partial charge is 0.363 e. The molecule has 2 aromatic carbocycles. The van der Waals surface area contributed by atoms with Crippen molar-refractivity contribution in [1.29, 1.82) is 0 Å². The van der Waals surface area contributed by atoms with E-state index in [1.807, 2.05) is 30.3 Å². The van der Waals surface area contributed by atoms with E-state index < -0.39 is 10.9 Å². The van der Waals surface area contributed by atoms with Crippen molar-refractivity contribution in [3.05, 3.63) is 80.5 Å². The average Bonchev–Trinajstić information content (AvgIpc) is 2.89. The SMILES string of the molecule is O=C1OC(c2ccc(Cl)c([N+](=O)[O-])c2)=N/C1=C/c1ccccc1. The minimum atomic E-state index is -0.610. The molecule has 0 N–H and O–H groups in total. The minimum absolute atomic E-state index is 0.00345. The van der Waals surface area contributed by atoms with Gasteiger partial charge in [-0.05, 0) is 23.8 Å². The van der Waals surface area contributed by atoms with Crippen LogP contribution in [0.15, 0.2) is 59.2 Å². The Balaban J connectivity index is 1.97. The summed E-state index contributed by atoms with van der Waals surface area (Å²) in [5, 5.41) is 10.9. The van der Waals surface area contributed by atoms with E-state index in [9.17, 15) is 14.9 Å².